The Morgan fingerprint density at radius 3 is 2.39 bits per heavy atom. The molecule has 6 heteroatoms. The van der Waals surface area contributed by atoms with Crippen LogP contribution in [0, 0.1) is 5.82 Å². The molecule has 0 unspecified atom stereocenters. The lowest BCUT2D eigenvalue weighted by atomic mass is 10.0. The number of halogens is 2. The van der Waals surface area contributed by atoms with Crippen molar-refractivity contribution in [3.05, 3.63) is 77.6 Å². The first-order chi connectivity index (χ1) is 16.1. The summed E-state index contributed by atoms with van der Waals surface area (Å²) in [5.74, 6) is 1.18. The van der Waals surface area contributed by atoms with Crippen LogP contribution in [0.15, 0.2) is 66.7 Å². The van der Waals surface area contributed by atoms with E-state index < -0.39 is 0 Å². The predicted molar refractivity (Wildman–Crippen MR) is 136 cm³/mol. The van der Waals surface area contributed by atoms with Crippen molar-refractivity contribution >= 4 is 28.3 Å². The highest BCUT2D eigenvalue weighted by molar-refractivity contribution is 6.31. The fraction of sp³-hybridized carbons (Fsp3) is 0.259. The fourth-order valence-electron chi connectivity index (χ4n) is 3.90. The average molecular weight is 463 g/mol. The molecule has 0 saturated heterocycles. The lowest BCUT2D eigenvalue weighted by Gasteiger charge is -2.18. The number of aromatic nitrogens is 2. The molecule has 0 bridgehead atoms. The molecule has 1 N–H and O–H groups in total. The monoisotopic (exact) mass is 462 g/mol. The Labute approximate surface area is 199 Å². The van der Waals surface area contributed by atoms with E-state index in [1.807, 2.05) is 42.5 Å². The van der Waals surface area contributed by atoms with Gasteiger partial charge in [-0.1, -0.05) is 55.8 Å². The number of hydrogen-bond acceptors (Lipinski definition) is 4. The van der Waals surface area contributed by atoms with Gasteiger partial charge in [0.1, 0.15) is 11.6 Å². The van der Waals surface area contributed by atoms with E-state index in [1.54, 1.807) is 12.1 Å². The maximum absolute atomic E-state index is 13.3. The number of hydrogen-bond donors (Lipinski definition) is 1. The van der Waals surface area contributed by atoms with Crippen LogP contribution in [-0.4, -0.2) is 41.0 Å². The summed E-state index contributed by atoms with van der Waals surface area (Å²) in [6.45, 7) is 8.34. The predicted octanol–water partition coefficient (Wildman–Crippen LogP) is 6.90. The van der Waals surface area contributed by atoms with Gasteiger partial charge in [-0.25, -0.2) is 14.4 Å². The number of rotatable bonds is 9. The molecule has 1 aromatic heterocycles. The highest BCUT2D eigenvalue weighted by Gasteiger charge is 2.11. The van der Waals surface area contributed by atoms with Crippen molar-refractivity contribution < 1.29 is 4.39 Å². The van der Waals surface area contributed by atoms with Crippen molar-refractivity contribution in [2.24, 2.45) is 0 Å². The largest absolute Gasteiger partial charge is 0.369 e. The average Bonchev–Trinajstić information content (AvgIpc) is 2.84. The van der Waals surface area contributed by atoms with Crippen molar-refractivity contribution in [2.75, 3.05) is 31.5 Å². The minimum Gasteiger partial charge on any atom is -0.369 e. The van der Waals surface area contributed by atoms with E-state index in [0.717, 1.165) is 66.0 Å². The standard InChI is InChI=1S/C27H28ClFN4/c1-3-33(4-2)16-6-15-30-27-24-14-11-22(28)18-25(24)31-26(32-27)21-8-5-7-20(17-21)19-9-12-23(29)13-10-19/h5,7-14,17-18H,3-4,6,15-16H2,1-2H3,(H,30,31,32). The first kappa shape index (κ1) is 23.1. The fourth-order valence-corrected chi connectivity index (χ4v) is 4.06. The number of nitrogens with one attached hydrogen (secondary N) is 1. The van der Waals surface area contributed by atoms with Gasteiger partial charge >= 0.3 is 0 Å². The molecule has 0 atom stereocenters. The molecule has 0 radical (unpaired) electrons. The van der Waals surface area contributed by atoms with Crippen LogP contribution in [0.1, 0.15) is 20.3 Å². The minimum atomic E-state index is -0.249. The van der Waals surface area contributed by atoms with Crippen molar-refractivity contribution in [3.8, 4) is 22.5 Å². The van der Waals surface area contributed by atoms with Crippen LogP contribution in [-0.2, 0) is 0 Å². The van der Waals surface area contributed by atoms with Crippen LogP contribution in [0.3, 0.4) is 0 Å². The molecular weight excluding hydrogens is 435 g/mol. The summed E-state index contributed by atoms with van der Waals surface area (Å²) in [4.78, 5) is 12.1. The van der Waals surface area contributed by atoms with E-state index in [4.69, 9.17) is 21.6 Å². The van der Waals surface area contributed by atoms with Gasteiger partial charge in [-0.15, -0.1) is 0 Å². The minimum absolute atomic E-state index is 0.249. The van der Waals surface area contributed by atoms with Gasteiger partial charge in [-0.3, -0.25) is 0 Å². The van der Waals surface area contributed by atoms with Gasteiger partial charge in [0.2, 0.25) is 0 Å². The normalized spacial score (nSPS) is 11.3. The third kappa shape index (κ3) is 5.67. The van der Waals surface area contributed by atoms with Gasteiger partial charge in [0, 0.05) is 22.5 Å². The van der Waals surface area contributed by atoms with Crippen LogP contribution in [0.4, 0.5) is 10.2 Å². The lowest BCUT2D eigenvalue weighted by molar-refractivity contribution is 0.303. The van der Waals surface area contributed by atoms with Crippen molar-refractivity contribution in [3.63, 3.8) is 0 Å². The Balaban J connectivity index is 1.65. The Bertz CT molecular complexity index is 1220. The van der Waals surface area contributed by atoms with Gasteiger partial charge in [0.05, 0.1) is 5.52 Å². The quantitative estimate of drug-likeness (QED) is 0.275. The van der Waals surface area contributed by atoms with E-state index >= 15 is 0 Å². The molecule has 0 amide bonds. The molecule has 4 rings (SSSR count). The Kier molecular flexibility index (Phi) is 7.53. The summed E-state index contributed by atoms with van der Waals surface area (Å²) >= 11 is 6.26. The molecule has 4 aromatic rings. The molecule has 1 heterocycles. The third-order valence-electron chi connectivity index (χ3n) is 5.80. The number of benzene rings is 3. The van der Waals surface area contributed by atoms with E-state index in [2.05, 4.69) is 24.1 Å². The van der Waals surface area contributed by atoms with Crippen LogP contribution in [0.5, 0.6) is 0 Å². The molecule has 0 aliphatic rings. The molecule has 33 heavy (non-hydrogen) atoms. The van der Waals surface area contributed by atoms with Gasteiger partial charge in [-0.05, 0) is 73.6 Å². The van der Waals surface area contributed by atoms with E-state index in [-0.39, 0.29) is 5.82 Å². The second-order valence-corrected chi connectivity index (χ2v) is 8.39. The Morgan fingerprint density at radius 1 is 0.879 bits per heavy atom. The molecule has 170 valence electrons. The highest BCUT2D eigenvalue weighted by atomic mass is 35.5. The molecule has 0 fully saturated rings. The zero-order valence-corrected chi connectivity index (χ0v) is 19.7. The van der Waals surface area contributed by atoms with Gasteiger partial charge in [0.15, 0.2) is 5.82 Å². The summed E-state index contributed by atoms with van der Waals surface area (Å²) < 4.78 is 13.3. The third-order valence-corrected chi connectivity index (χ3v) is 6.03. The number of fused-ring (bicyclic) bond motifs is 1. The molecule has 3 aromatic carbocycles. The molecule has 0 aliphatic heterocycles. The van der Waals surface area contributed by atoms with Gasteiger partial charge < -0.3 is 10.2 Å². The topological polar surface area (TPSA) is 41.0 Å². The van der Waals surface area contributed by atoms with Crippen LogP contribution in [0.2, 0.25) is 5.02 Å². The van der Waals surface area contributed by atoms with Gasteiger partial charge in [0.25, 0.3) is 0 Å². The van der Waals surface area contributed by atoms with Gasteiger partial charge in [-0.2, -0.15) is 0 Å². The molecule has 0 saturated carbocycles. The second kappa shape index (κ2) is 10.7. The first-order valence-corrected chi connectivity index (χ1v) is 11.7. The Morgan fingerprint density at radius 2 is 1.64 bits per heavy atom. The van der Waals surface area contributed by atoms with Crippen LogP contribution in [0.25, 0.3) is 33.4 Å². The van der Waals surface area contributed by atoms with Crippen LogP contribution >= 0.6 is 11.6 Å². The summed E-state index contributed by atoms with van der Waals surface area (Å²) in [6, 6.07) is 20.2. The molecule has 0 spiro atoms. The van der Waals surface area contributed by atoms with Crippen LogP contribution < -0.4 is 5.32 Å². The van der Waals surface area contributed by atoms with Crippen molar-refractivity contribution in [1.82, 2.24) is 14.9 Å². The van der Waals surface area contributed by atoms with E-state index in [9.17, 15) is 4.39 Å². The summed E-state index contributed by atoms with van der Waals surface area (Å²) in [7, 11) is 0. The maximum atomic E-state index is 13.3. The second-order valence-electron chi connectivity index (χ2n) is 7.95. The summed E-state index contributed by atoms with van der Waals surface area (Å²) in [6.07, 6.45) is 1.02. The smallest absolute Gasteiger partial charge is 0.162 e. The van der Waals surface area contributed by atoms with E-state index in [0.29, 0.717) is 10.8 Å². The Hall–Kier alpha value is -3.02. The zero-order valence-electron chi connectivity index (χ0n) is 19.0. The lowest BCUT2D eigenvalue weighted by Crippen LogP contribution is -2.25. The maximum Gasteiger partial charge on any atom is 0.162 e. The number of anilines is 1. The molecule has 0 aliphatic carbocycles. The summed E-state index contributed by atoms with van der Waals surface area (Å²) in [5.41, 5.74) is 3.61. The zero-order chi connectivity index (χ0) is 23.2. The molecular formula is C27H28ClFN4. The first-order valence-electron chi connectivity index (χ1n) is 11.4. The van der Waals surface area contributed by atoms with Crippen molar-refractivity contribution in [1.29, 1.82) is 0 Å². The van der Waals surface area contributed by atoms with Crippen molar-refractivity contribution in [2.45, 2.75) is 20.3 Å². The SMILES string of the molecule is CCN(CC)CCCNc1nc(-c2cccc(-c3ccc(F)cc3)c2)nc2cc(Cl)ccc12. The number of nitrogens with zero attached hydrogens (tertiary/aromatic N) is 3. The van der Waals surface area contributed by atoms with E-state index in [1.165, 1.54) is 12.1 Å². The molecule has 4 nitrogen and oxygen atoms in total. The summed E-state index contributed by atoms with van der Waals surface area (Å²) in [5, 5.41) is 5.09. The highest BCUT2D eigenvalue weighted by Crippen LogP contribution is 2.29.